The predicted molar refractivity (Wildman–Crippen MR) is 63.9 cm³/mol. The molecule has 0 heterocycles. The standard InChI is InChI=1S/C9H20N2O.C2HF3O2/c1-3-4-5-6-7-8(2)9(12)11-10;3-2(4,5)1(6)7/h8H,3-7,10H2,1-2H3,(H,11,12);(H,6,7). The first-order valence-electron chi connectivity index (χ1n) is 5.97. The van der Waals surface area contributed by atoms with E-state index in [1.807, 2.05) is 6.92 Å². The van der Waals surface area contributed by atoms with E-state index in [0.717, 1.165) is 12.8 Å². The number of carboxylic acid groups (broad SMARTS) is 1. The van der Waals surface area contributed by atoms with E-state index >= 15 is 0 Å². The number of carbonyl (C=O) groups is 2. The SMILES string of the molecule is CCCCCCC(C)C(=O)NN.O=C(O)C(F)(F)F. The number of carboxylic acids is 1. The lowest BCUT2D eigenvalue weighted by molar-refractivity contribution is -0.192. The molecule has 8 heteroatoms. The van der Waals surface area contributed by atoms with Crippen LogP contribution in [0.15, 0.2) is 0 Å². The molecule has 0 spiro atoms. The van der Waals surface area contributed by atoms with Crippen molar-refractivity contribution < 1.29 is 27.9 Å². The molecule has 0 aromatic rings. The molecule has 5 nitrogen and oxygen atoms in total. The van der Waals surface area contributed by atoms with E-state index in [0.29, 0.717) is 0 Å². The number of hydrazine groups is 1. The number of aliphatic carboxylic acids is 1. The largest absolute Gasteiger partial charge is 0.490 e. The molecule has 0 saturated heterocycles. The summed E-state index contributed by atoms with van der Waals surface area (Å²) in [6.45, 7) is 4.09. The maximum Gasteiger partial charge on any atom is 0.490 e. The van der Waals surface area contributed by atoms with Crippen LogP contribution in [-0.2, 0) is 9.59 Å². The van der Waals surface area contributed by atoms with E-state index in [1.165, 1.54) is 19.3 Å². The van der Waals surface area contributed by atoms with E-state index in [2.05, 4.69) is 12.3 Å². The molecule has 0 radical (unpaired) electrons. The Kier molecular flexibility index (Phi) is 11.2. The van der Waals surface area contributed by atoms with Gasteiger partial charge < -0.3 is 5.11 Å². The molecular formula is C11H21F3N2O3. The molecule has 19 heavy (non-hydrogen) atoms. The van der Waals surface area contributed by atoms with Crippen molar-refractivity contribution in [3.63, 3.8) is 0 Å². The molecule has 0 bridgehead atoms. The van der Waals surface area contributed by atoms with Crippen molar-refractivity contribution in [1.82, 2.24) is 5.43 Å². The average molecular weight is 286 g/mol. The fourth-order valence-electron chi connectivity index (χ4n) is 1.15. The zero-order valence-corrected chi connectivity index (χ0v) is 11.1. The molecule has 4 N–H and O–H groups in total. The zero-order chi connectivity index (χ0) is 15.5. The fourth-order valence-corrected chi connectivity index (χ4v) is 1.15. The number of amides is 1. The molecule has 0 rings (SSSR count). The highest BCUT2D eigenvalue weighted by molar-refractivity contribution is 5.77. The maximum absolute atomic E-state index is 10.9. The predicted octanol–water partition coefficient (Wildman–Crippen LogP) is 2.22. The molecule has 1 unspecified atom stereocenters. The molecular weight excluding hydrogens is 265 g/mol. The van der Waals surface area contributed by atoms with Crippen LogP contribution in [0.5, 0.6) is 0 Å². The van der Waals surface area contributed by atoms with Crippen LogP contribution in [0.2, 0.25) is 0 Å². The second-order valence-corrected chi connectivity index (χ2v) is 4.06. The monoisotopic (exact) mass is 286 g/mol. The Labute approximate surface area is 110 Å². The summed E-state index contributed by atoms with van der Waals surface area (Å²) in [7, 11) is 0. The first-order valence-corrected chi connectivity index (χ1v) is 5.97. The van der Waals surface area contributed by atoms with E-state index in [4.69, 9.17) is 15.7 Å². The molecule has 0 saturated carbocycles. The number of hydrogen-bond donors (Lipinski definition) is 3. The highest BCUT2D eigenvalue weighted by atomic mass is 19.4. The van der Waals surface area contributed by atoms with Crippen molar-refractivity contribution in [2.45, 2.75) is 52.1 Å². The number of nitrogens with two attached hydrogens (primary N) is 1. The van der Waals surface area contributed by atoms with Gasteiger partial charge in [-0.05, 0) is 6.42 Å². The number of unbranched alkanes of at least 4 members (excludes halogenated alkanes) is 3. The summed E-state index contributed by atoms with van der Waals surface area (Å²) in [4.78, 5) is 19.8. The number of nitrogens with one attached hydrogen (secondary N) is 1. The fraction of sp³-hybridized carbons (Fsp3) is 0.818. The maximum atomic E-state index is 10.9. The van der Waals surface area contributed by atoms with Gasteiger partial charge in [0.2, 0.25) is 5.91 Å². The van der Waals surface area contributed by atoms with E-state index in [-0.39, 0.29) is 11.8 Å². The topological polar surface area (TPSA) is 92.4 Å². The Morgan fingerprint density at radius 3 is 2.05 bits per heavy atom. The Bertz CT molecular complexity index is 270. The summed E-state index contributed by atoms with van der Waals surface area (Å²) < 4.78 is 31.7. The van der Waals surface area contributed by atoms with Crippen LogP contribution in [0.1, 0.15) is 46.0 Å². The molecule has 1 amide bonds. The van der Waals surface area contributed by atoms with Gasteiger partial charge in [0.15, 0.2) is 0 Å². The van der Waals surface area contributed by atoms with E-state index in [1.54, 1.807) is 0 Å². The molecule has 0 aliphatic carbocycles. The normalized spacial score (nSPS) is 12.1. The molecule has 0 aromatic carbocycles. The van der Waals surface area contributed by atoms with Gasteiger partial charge >= 0.3 is 12.1 Å². The van der Waals surface area contributed by atoms with Crippen LogP contribution in [0.3, 0.4) is 0 Å². The highest BCUT2D eigenvalue weighted by Crippen LogP contribution is 2.13. The Balaban J connectivity index is 0. The zero-order valence-electron chi connectivity index (χ0n) is 11.1. The van der Waals surface area contributed by atoms with Gasteiger partial charge in [-0.1, -0.05) is 39.5 Å². The number of carbonyl (C=O) groups excluding carboxylic acids is 1. The van der Waals surface area contributed by atoms with Gasteiger partial charge in [-0.25, -0.2) is 10.6 Å². The van der Waals surface area contributed by atoms with Gasteiger partial charge in [0.25, 0.3) is 0 Å². The van der Waals surface area contributed by atoms with Gasteiger partial charge in [0.1, 0.15) is 0 Å². The van der Waals surface area contributed by atoms with Crippen molar-refractivity contribution in [2.75, 3.05) is 0 Å². The van der Waals surface area contributed by atoms with Gasteiger partial charge in [-0.3, -0.25) is 10.2 Å². The van der Waals surface area contributed by atoms with Crippen LogP contribution >= 0.6 is 0 Å². The lowest BCUT2D eigenvalue weighted by atomic mass is 10.0. The summed E-state index contributed by atoms with van der Waals surface area (Å²) in [5.74, 6) is 2.26. The summed E-state index contributed by atoms with van der Waals surface area (Å²) in [5.41, 5.74) is 2.17. The summed E-state index contributed by atoms with van der Waals surface area (Å²) in [5, 5.41) is 7.12. The van der Waals surface area contributed by atoms with Crippen LogP contribution in [0, 0.1) is 5.92 Å². The molecule has 0 aliphatic heterocycles. The number of halogens is 3. The third-order valence-electron chi connectivity index (χ3n) is 2.32. The van der Waals surface area contributed by atoms with Crippen LogP contribution in [0.25, 0.3) is 0 Å². The summed E-state index contributed by atoms with van der Waals surface area (Å²) in [6.07, 6.45) is 0.707. The number of alkyl halides is 3. The van der Waals surface area contributed by atoms with Crippen molar-refractivity contribution >= 4 is 11.9 Å². The lowest BCUT2D eigenvalue weighted by Crippen LogP contribution is -2.34. The van der Waals surface area contributed by atoms with Crippen molar-refractivity contribution in [3.8, 4) is 0 Å². The summed E-state index contributed by atoms with van der Waals surface area (Å²) in [6, 6.07) is 0. The van der Waals surface area contributed by atoms with Gasteiger partial charge in [0, 0.05) is 5.92 Å². The smallest absolute Gasteiger partial charge is 0.475 e. The minimum absolute atomic E-state index is 0.0495. The van der Waals surface area contributed by atoms with Crippen LogP contribution in [0.4, 0.5) is 13.2 Å². The van der Waals surface area contributed by atoms with Crippen LogP contribution in [-0.4, -0.2) is 23.2 Å². The minimum Gasteiger partial charge on any atom is -0.475 e. The minimum atomic E-state index is -5.08. The first-order chi connectivity index (χ1) is 8.66. The van der Waals surface area contributed by atoms with Crippen molar-refractivity contribution in [2.24, 2.45) is 11.8 Å². The Hall–Kier alpha value is -1.31. The molecule has 1 atom stereocenters. The van der Waals surface area contributed by atoms with Gasteiger partial charge in [-0.2, -0.15) is 13.2 Å². The molecule has 114 valence electrons. The highest BCUT2D eigenvalue weighted by Gasteiger charge is 2.38. The Morgan fingerprint density at radius 2 is 1.74 bits per heavy atom. The third kappa shape index (κ3) is 12.9. The summed E-state index contributed by atoms with van der Waals surface area (Å²) >= 11 is 0. The second-order valence-electron chi connectivity index (χ2n) is 4.06. The van der Waals surface area contributed by atoms with Crippen molar-refractivity contribution in [3.05, 3.63) is 0 Å². The number of hydrogen-bond acceptors (Lipinski definition) is 3. The average Bonchev–Trinajstić information content (AvgIpc) is 2.32. The molecule has 0 aliphatic rings. The third-order valence-corrected chi connectivity index (χ3v) is 2.32. The van der Waals surface area contributed by atoms with E-state index in [9.17, 15) is 18.0 Å². The van der Waals surface area contributed by atoms with Gasteiger partial charge in [0.05, 0.1) is 0 Å². The Morgan fingerprint density at radius 1 is 1.26 bits per heavy atom. The van der Waals surface area contributed by atoms with Crippen LogP contribution < -0.4 is 11.3 Å². The van der Waals surface area contributed by atoms with Crippen molar-refractivity contribution in [1.29, 1.82) is 0 Å². The quantitative estimate of drug-likeness (QED) is 0.302. The lowest BCUT2D eigenvalue weighted by Gasteiger charge is -2.08. The first kappa shape index (κ1) is 20.0. The second kappa shape index (κ2) is 10.6. The van der Waals surface area contributed by atoms with Gasteiger partial charge in [-0.15, -0.1) is 0 Å². The van der Waals surface area contributed by atoms with E-state index < -0.39 is 12.1 Å². The molecule has 0 aromatic heterocycles. The number of rotatable bonds is 6. The molecule has 0 fully saturated rings.